The fraction of sp³-hybridized carbons (Fsp3) is 0.500. The number of nitrogens with zero attached hydrogens (tertiary/aromatic N) is 2. The van der Waals surface area contributed by atoms with Crippen molar-refractivity contribution in [1.29, 1.82) is 0 Å². The molecule has 1 aliphatic carbocycles. The molecule has 1 aromatic rings. The van der Waals surface area contributed by atoms with E-state index >= 15 is 0 Å². The lowest BCUT2D eigenvalue weighted by Gasteiger charge is -2.31. The first-order valence-corrected chi connectivity index (χ1v) is 8.53. The second kappa shape index (κ2) is 7.65. The van der Waals surface area contributed by atoms with E-state index in [1.165, 1.54) is 25.3 Å². The van der Waals surface area contributed by atoms with Crippen LogP contribution in [0.15, 0.2) is 24.3 Å². The van der Waals surface area contributed by atoms with Crippen LogP contribution in [0, 0.1) is 10.1 Å². The summed E-state index contributed by atoms with van der Waals surface area (Å²) in [6, 6.07) is 5.26. The SMILES string of the molecule is COC(=O)/C=C/c1ccc(N2CCCO[C@@H]3CCC[C@H]32)c([N+](=O)[O-])c1. The van der Waals surface area contributed by atoms with E-state index in [0.717, 1.165) is 32.2 Å². The van der Waals surface area contributed by atoms with Gasteiger partial charge in [0.05, 0.1) is 24.2 Å². The maximum Gasteiger partial charge on any atom is 0.330 e. The molecule has 2 fully saturated rings. The molecule has 1 saturated heterocycles. The summed E-state index contributed by atoms with van der Waals surface area (Å²) in [5, 5.41) is 11.6. The number of benzene rings is 1. The van der Waals surface area contributed by atoms with Gasteiger partial charge in [-0.15, -0.1) is 0 Å². The van der Waals surface area contributed by atoms with E-state index in [1.54, 1.807) is 12.1 Å². The van der Waals surface area contributed by atoms with Gasteiger partial charge in [-0.05, 0) is 43.4 Å². The van der Waals surface area contributed by atoms with E-state index in [9.17, 15) is 14.9 Å². The molecule has 0 N–H and O–H groups in total. The number of ether oxygens (including phenoxy) is 2. The first-order valence-electron chi connectivity index (χ1n) is 8.53. The van der Waals surface area contributed by atoms with Crippen LogP contribution in [0.2, 0.25) is 0 Å². The highest BCUT2D eigenvalue weighted by Gasteiger charge is 2.37. The predicted octanol–water partition coefficient (Wildman–Crippen LogP) is 2.93. The van der Waals surface area contributed by atoms with Gasteiger partial charge in [-0.1, -0.05) is 6.07 Å². The van der Waals surface area contributed by atoms with E-state index in [2.05, 4.69) is 9.64 Å². The van der Waals surface area contributed by atoms with Crippen LogP contribution in [0.25, 0.3) is 6.08 Å². The number of hydrogen-bond donors (Lipinski definition) is 0. The lowest BCUT2D eigenvalue weighted by atomic mass is 10.1. The molecule has 1 heterocycles. The standard InChI is InChI=1S/C18H22N2O5/c1-24-18(21)9-7-13-6-8-14(16(12-13)20(22)23)19-10-3-11-25-17-5-2-4-15(17)19/h6-9,12,15,17H,2-5,10-11H2,1H3/b9-7+/t15-,17-/m1/s1. The van der Waals surface area contributed by atoms with Crippen LogP contribution in [0.1, 0.15) is 31.2 Å². The number of fused-ring (bicyclic) bond motifs is 1. The molecule has 2 aliphatic rings. The third-order valence-corrected chi connectivity index (χ3v) is 4.81. The van der Waals surface area contributed by atoms with E-state index in [4.69, 9.17) is 4.74 Å². The molecular formula is C18H22N2O5. The average Bonchev–Trinajstić information content (AvgIpc) is 2.99. The van der Waals surface area contributed by atoms with E-state index < -0.39 is 5.97 Å². The Labute approximate surface area is 146 Å². The van der Waals surface area contributed by atoms with Crippen LogP contribution in [-0.4, -0.2) is 43.3 Å². The number of rotatable bonds is 4. The minimum absolute atomic E-state index is 0.0552. The van der Waals surface area contributed by atoms with Gasteiger partial charge in [0.15, 0.2) is 0 Å². The topological polar surface area (TPSA) is 81.9 Å². The maximum atomic E-state index is 11.6. The summed E-state index contributed by atoms with van der Waals surface area (Å²) < 4.78 is 10.5. The number of hydrogen-bond acceptors (Lipinski definition) is 6. The number of carbonyl (C=O) groups excluding carboxylic acids is 1. The zero-order chi connectivity index (χ0) is 17.8. The van der Waals surface area contributed by atoms with Crippen LogP contribution in [0.5, 0.6) is 0 Å². The van der Waals surface area contributed by atoms with Gasteiger partial charge in [0, 0.05) is 25.3 Å². The number of esters is 1. The summed E-state index contributed by atoms with van der Waals surface area (Å²) in [5.74, 6) is -0.495. The predicted molar refractivity (Wildman–Crippen MR) is 93.5 cm³/mol. The molecule has 1 saturated carbocycles. The molecule has 1 aromatic carbocycles. The van der Waals surface area contributed by atoms with Crippen molar-refractivity contribution >= 4 is 23.4 Å². The van der Waals surface area contributed by atoms with Crippen LogP contribution >= 0.6 is 0 Å². The minimum atomic E-state index is -0.495. The van der Waals surface area contributed by atoms with Crippen LogP contribution in [-0.2, 0) is 14.3 Å². The van der Waals surface area contributed by atoms with E-state index in [0.29, 0.717) is 17.9 Å². The Morgan fingerprint density at radius 3 is 3.00 bits per heavy atom. The molecule has 0 aromatic heterocycles. The number of nitro benzene ring substituents is 1. The minimum Gasteiger partial charge on any atom is -0.466 e. The van der Waals surface area contributed by atoms with Gasteiger partial charge in [-0.25, -0.2) is 4.79 Å². The summed E-state index contributed by atoms with van der Waals surface area (Å²) in [7, 11) is 1.29. The van der Waals surface area contributed by atoms with Crippen molar-refractivity contribution in [2.24, 2.45) is 0 Å². The molecule has 0 unspecified atom stereocenters. The van der Waals surface area contributed by atoms with Crippen molar-refractivity contribution in [2.45, 2.75) is 37.8 Å². The summed E-state index contributed by atoms with van der Waals surface area (Å²) in [5.41, 5.74) is 1.28. The summed E-state index contributed by atoms with van der Waals surface area (Å²) in [6.45, 7) is 1.45. The van der Waals surface area contributed by atoms with Crippen molar-refractivity contribution < 1.29 is 19.2 Å². The number of nitro groups is 1. The lowest BCUT2D eigenvalue weighted by molar-refractivity contribution is -0.384. The fourth-order valence-electron chi connectivity index (χ4n) is 3.66. The average molecular weight is 346 g/mol. The first kappa shape index (κ1) is 17.4. The second-order valence-electron chi connectivity index (χ2n) is 6.32. The van der Waals surface area contributed by atoms with Gasteiger partial charge in [-0.2, -0.15) is 0 Å². The van der Waals surface area contributed by atoms with E-state index in [-0.39, 0.29) is 22.8 Å². The number of anilines is 1. The molecule has 2 atom stereocenters. The van der Waals surface area contributed by atoms with Gasteiger partial charge < -0.3 is 14.4 Å². The van der Waals surface area contributed by atoms with Crippen LogP contribution < -0.4 is 4.90 Å². The van der Waals surface area contributed by atoms with Gasteiger partial charge in [0.1, 0.15) is 5.69 Å². The fourth-order valence-corrected chi connectivity index (χ4v) is 3.66. The smallest absolute Gasteiger partial charge is 0.330 e. The van der Waals surface area contributed by atoms with Crippen LogP contribution in [0.3, 0.4) is 0 Å². The highest BCUT2D eigenvalue weighted by Crippen LogP contribution is 2.37. The van der Waals surface area contributed by atoms with Crippen molar-refractivity contribution in [2.75, 3.05) is 25.2 Å². The molecular weight excluding hydrogens is 324 g/mol. The van der Waals surface area contributed by atoms with Gasteiger partial charge >= 0.3 is 5.97 Å². The van der Waals surface area contributed by atoms with Gasteiger partial charge in [0.25, 0.3) is 5.69 Å². The van der Waals surface area contributed by atoms with Crippen molar-refractivity contribution in [3.63, 3.8) is 0 Å². The Hall–Kier alpha value is -2.41. The highest BCUT2D eigenvalue weighted by atomic mass is 16.6. The Kier molecular flexibility index (Phi) is 5.33. The second-order valence-corrected chi connectivity index (χ2v) is 6.32. The molecule has 0 bridgehead atoms. The third kappa shape index (κ3) is 3.82. The molecule has 7 nitrogen and oxygen atoms in total. The highest BCUT2D eigenvalue weighted by molar-refractivity contribution is 5.87. The van der Waals surface area contributed by atoms with E-state index in [1.807, 2.05) is 0 Å². The first-order chi connectivity index (χ1) is 12.1. The quantitative estimate of drug-likeness (QED) is 0.361. The summed E-state index contributed by atoms with van der Waals surface area (Å²) in [6.07, 6.45) is 6.87. The number of carbonyl (C=O) groups is 1. The Morgan fingerprint density at radius 1 is 1.40 bits per heavy atom. The largest absolute Gasteiger partial charge is 0.466 e. The number of methoxy groups -OCH3 is 1. The summed E-state index contributed by atoms with van der Waals surface area (Å²) in [4.78, 5) is 24.6. The van der Waals surface area contributed by atoms with Crippen LogP contribution in [0.4, 0.5) is 11.4 Å². The molecule has 0 radical (unpaired) electrons. The Balaban J connectivity index is 1.93. The normalized spacial score (nSPS) is 23.3. The Bertz CT molecular complexity index is 688. The zero-order valence-electron chi connectivity index (χ0n) is 14.2. The molecule has 0 spiro atoms. The maximum absolute atomic E-state index is 11.6. The van der Waals surface area contributed by atoms with Crippen molar-refractivity contribution in [1.82, 2.24) is 0 Å². The molecule has 3 rings (SSSR count). The van der Waals surface area contributed by atoms with Gasteiger partial charge in [-0.3, -0.25) is 10.1 Å². The molecule has 7 heteroatoms. The third-order valence-electron chi connectivity index (χ3n) is 4.81. The summed E-state index contributed by atoms with van der Waals surface area (Å²) >= 11 is 0. The van der Waals surface area contributed by atoms with Crippen molar-refractivity contribution in [3.8, 4) is 0 Å². The Morgan fingerprint density at radius 2 is 2.24 bits per heavy atom. The molecule has 0 amide bonds. The molecule has 134 valence electrons. The molecule has 25 heavy (non-hydrogen) atoms. The monoisotopic (exact) mass is 346 g/mol. The van der Waals surface area contributed by atoms with Gasteiger partial charge in [0.2, 0.25) is 0 Å². The zero-order valence-corrected chi connectivity index (χ0v) is 14.2. The molecule has 1 aliphatic heterocycles. The lowest BCUT2D eigenvalue weighted by Crippen LogP contribution is -2.40. The van der Waals surface area contributed by atoms with Crippen molar-refractivity contribution in [3.05, 3.63) is 40.0 Å².